The van der Waals surface area contributed by atoms with E-state index in [9.17, 15) is 16.8 Å². The van der Waals surface area contributed by atoms with Gasteiger partial charge in [-0.05, 0) is 58.8 Å². The van der Waals surface area contributed by atoms with E-state index < -0.39 is 29.5 Å². The van der Waals surface area contributed by atoms with Crippen molar-refractivity contribution in [2.75, 3.05) is 20.1 Å². The summed E-state index contributed by atoms with van der Waals surface area (Å²) >= 11 is 0. The maximum atomic E-state index is 12.7. The lowest BCUT2D eigenvalue weighted by Gasteiger charge is -2.29. The first-order valence-corrected chi connectivity index (χ1v) is 11.4. The van der Waals surface area contributed by atoms with E-state index in [0.717, 1.165) is 38.5 Å². The van der Waals surface area contributed by atoms with Gasteiger partial charge in [-0.15, -0.1) is 0 Å². The molecule has 0 aromatic heterocycles. The van der Waals surface area contributed by atoms with E-state index in [-0.39, 0.29) is 6.04 Å². The van der Waals surface area contributed by atoms with E-state index in [4.69, 9.17) is 0 Å². The Morgan fingerprint density at radius 1 is 0.913 bits per heavy atom. The third kappa shape index (κ3) is 2.85. The Morgan fingerprint density at radius 2 is 1.48 bits per heavy atom. The maximum Gasteiger partial charge on any atom is 0.219 e. The first-order chi connectivity index (χ1) is 10.5. The minimum absolute atomic E-state index is 0.0929. The first kappa shape index (κ1) is 17.6. The minimum Gasteiger partial charge on any atom is -0.212 e. The van der Waals surface area contributed by atoms with Gasteiger partial charge in [-0.1, -0.05) is 0 Å². The fraction of sp³-hybridized carbons (Fsp3) is 1.00. The van der Waals surface area contributed by atoms with Crippen molar-refractivity contribution in [3.05, 3.63) is 0 Å². The van der Waals surface area contributed by atoms with Gasteiger partial charge in [0.1, 0.15) is 0 Å². The van der Waals surface area contributed by atoms with Crippen molar-refractivity contribution in [3.63, 3.8) is 0 Å². The normalized spacial score (nSPS) is 30.9. The fourth-order valence-corrected chi connectivity index (χ4v) is 7.25. The number of hydrogen-bond donors (Lipinski definition) is 0. The summed E-state index contributed by atoms with van der Waals surface area (Å²) in [4.78, 5) is 0. The Hall–Kier alpha value is -0.180. The molecule has 3 fully saturated rings. The highest BCUT2D eigenvalue weighted by Gasteiger charge is 2.54. The zero-order chi connectivity index (χ0) is 17.1. The second kappa shape index (κ2) is 5.41. The highest BCUT2D eigenvalue weighted by Crippen LogP contribution is 2.46. The molecule has 0 spiro atoms. The van der Waals surface area contributed by atoms with Crippen LogP contribution in [-0.4, -0.2) is 61.1 Å². The van der Waals surface area contributed by atoms with Crippen molar-refractivity contribution in [1.29, 1.82) is 0 Å². The lowest BCUT2D eigenvalue weighted by Crippen LogP contribution is -2.44. The molecule has 0 radical (unpaired) electrons. The standard InChI is InChI=1S/C15H28N2O4S2/c1-14(7-8-14)22(18,19)16(3)13-5-4-11-17(12-6-13)23(20,21)15(2)9-10-15/h13H,4-12H2,1-3H3/t13-/m0/s1. The summed E-state index contributed by atoms with van der Waals surface area (Å²) in [6.45, 7) is 4.56. The van der Waals surface area contributed by atoms with E-state index >= 15 is 0 Å². The van der Waals surface area contributed by atoms with E-state index in [1.807, 2.05) is 6.92 Å². The number of nitrogens with zero attached hydrogens (tertiary/aromatic N) is 2. The molecule has 6 nitrogen and oxygen atoms in total. The molecular formula is C15H28N2O4S2. The molecule has 1 aliphatic heterocycles. The van der Waals surface area contributed by atoms with Crippen LogP contribution in [-0.2, 0) is 20.0 Å². The summed E-state index contributed by atoms with van der Waals surface area (Å²) in [6.07, 6.45) is 4.96. The summed E-state index contributed by atoms with van der Waals surface area (Å²) < 4.78 is 52.6. The van der Waals surface area contributed by atoms with Crippen LogP contribution in [0.3, 0.4) is 0 Å². The molecule has 1 atom stereocenters. The molecule has 0 aromatic carbocycles. The van der Waals surface area contributed by atoms with Crippen LogP contribution in [0, 0.1) is 0 Å². The van der Waals surface area contributed by atoms with Crippen LogP contribution in [0.4, 0.5) is 0 Å². The van der Waals surface area contributed by atoms with Crippen LogP contribution in [0.25, 0.3) is 0 Å². The molecule has 1 heterocycles. The van der Waals surface area contributed by atoms with Gasteiger partial charge in [0.25, 0.3) is 0 Å². The van der Waals surface area contributed by atoms with Crippen LogP contribution >= 0.6 is 0 Å². The minimum atomic E-state index is -3.28. The van der Waals surface area contributed by atoms with Crippen molar-refractivity contribution in [1.82, 2.24) is 8.61 Å². The average molecular weight is 365 g/mol. The predicted molar refractivity (Wildman–Crippen MR) is 90.1 cm³/mol. The molecule has 0 bridgehead atoms. The van der Waals surface area contributed by atoms with Crippen molar-refractivity contribution in [3.8, 4) is 0 Å². The maximum absolute atomic E-state index is 12.7. The molecule has 0 aromatic rings. The van der Waals surface area contributed by atoms with Crippen LogP contribution in [0.5, 0.6) is 0 Å². The lowest BCUT2D eigenvalue weighted by atomic mass is 10.1. The third-order valence-electron chi connectivity index (χ3n) is 6.04. The predicted octanol–water partition coefficient (Wildman–Crippen LogP) is 1.54. The largest absolute Gasteiger partial charge is 0.219 e. The molecule has 134 valence electrons. The van der Waals surface area contributed by atoms with Gasteiger partial charge in [-0.3, -0.25) is 0 Å². The highest BCUT2D eigenvalue weighted by atomic mass is 32.2. The lowest BCUT2D eigenvalue weighted by molar-refractivity contribution is 0.330. The van der Waals surface area contributed by atoms with Crippen LogP contribution < -0.4 is 0 Å². The van der Waals surface area contributed by atoms with E-state index in [2.05, 4.69) is 0 Å². The number of rotatable bonds is 5. The van der Waals surface area contributed by atoms with Crippen molar-refractivity contribution >= 4 is 20.0 Å². The first-order valence-electron chi connectivity index (χ1n) is 8.51. The Bertz CT molecular complexity index is 678. The van der Waals surface area contributed by atoms with Crippen molar-refractivity contribution < 1.29 is 16.8 Å². The van der Waals surface area contributed by atoms with Crippen LogP contribution in [0.1, 0.15) is 58.8 Å². The summed E-state index contributed by atoms with van der Waals surface area (Å²) in [5.41, 5.74) is 0. The van der Waals surface area contributed by atoms with Crippen molar-refractivity contribution in [2.24, 2.45) is 0 Å². The molecule has 0 amide bonds. The monoisotopic (exact) mass is 364 g/mol. The molecule has 2 saturated carbocycles. The second-order valence-electron chi connectivity index (χ2n) is 7.91. The van der Waals surface area contributed by atoms with Gasteiger partial charge >= 0.3 is 0 Å². The van der Waals surface area contributed by atoms with Gasteiger partial charge in [0.15, 0.2) is 0 Å². The average Bonchev–Trinajstić information content (AvgIpc) is 3.35. The Morgan fingerprint density at radius 3 is 2.00 bits per heavy atom. The van der Waals surface area contributed by atoms with Crippen LogP contribution in [0.2, 0.25) is 0 Å². The SMILES string of the molecule is CN([C@H]1CCCN(S(=O)(=O)C2(C)CC2)CC1)S(=O)(=O)C1(C)CC1. The van der Waals surface area contributed by atoms with Crippen LogP contribution in [0.15, 0.2) is 0 Å². The highest BCUT2D eigenvalue weighted by molar-refractivity contribution is 7.91. The van der Waals surface area contributed by atoms with E-state index in [1.54, 1.807) is 18.3 Å². The summed E-state index contributed by atoms with van der Waals surface area (Å²) in [6, 6.07) is -0.0929. The van der Waals surface area contributed by atoms with E-state index in [1.165, 1.54) is 4.31 Å². The quantitative estimate of drug-likeness (QED) is 0.741. The zero-order valence-corrected chi connectivity index (χ0v) is 15.9. The van der Waals surface area contributed by atoms with Gasteiger partial charge in [-0.2, -0.15) is 0 Å². The summed E-state index contributed by atoms with van der Waals surface area (Å²) in [7, 11) is -4.87. The van der Waals surface area contributed by atoms with Crippen molar-refractivity contribution in [2.45, 2.75) is 74.3 Å². The molecule has 0 N–H and O–H groups in total. The Labute approximate surface area is 140 Å². The van der Waals surface area contributed by atoms with Gasteiger partial charge in [0.2, 0.25) is 20.0 Å². The topological polar surface area (TPSA) is 74.8 Å². The number of hydrogen-bond acceptors (Lipinski definition) is 4. The van der Waals surface area contributed by atoms with Gasteiger partial charge < -0.3 is 0 Å². The molecule has 3 aliphatic rings. The van der Waals surface area contributed by atoms with Gasteiger partial charge in [0.05, 0.1) is 9.49 Å². The Kier molecular flexibility index (Phi) is 4.15. The number of sulfonamides is 2. The molecular weight excluding hydrogens is 336 g/mol. The van der Waals surface area contributed by atoms with Gasteiger partial charge in [-0.25, -0.2) is 25.4 Å². The fourth-order valence-electron chi connectivity index (χ4n) is 3.38. The molecule has 8 heteroatoms. The molecule has 0 unspecified atom stereocenters. The van der Waals surface area contributed by atoms with E-state index in [0.29, 0.717) is 19.5 Å². The summed E-state index contributed by atoms with van der Waals surface area (Å²) in [5, 5.41) is 0. The molecule has 2 aliphatic carbocycles. The second-order valence-corrected chi connectivity index (χ2v) is 12.9. The molecule has 1 saturated heterocycles. The summed E-state index contributed by atoms with van der Waals surface area (Å²) in [5.74, 6) is 0. The third-order valence-corrected chi connectivity index (χ3v) is 11.5. The smallest absolute Gasteiger partial charge is 0.212 e. The van der Waals surface area contributed by atoms with Gasteiger partial charge in [0, 0.05) is 26.2 Å². The molecule has 23 heavy (non-hydrogen) atoms. The Balaban J connectivity index is 1.70. The molecule has 3 rings (SSSR count). The zero-order valence-electron chi connectivity index (χ0n) is 14.3.